The molecule has 0 amide bonds. The van der Waals surface area contributed by atoms with E-state index < -0.39 is 8.07 Å². The van der Waals surface area contributed by atoms with E-state index >= 15 is 0 Å². The van der Waals surface area contributed by atoms with Gasteiger partial charge in [-0.1, -0.05) is 158 Å². The van der Waals surface area contributed by atoms with E-state index in [1.807, 2.05) is 12.4 Å². The number of nitrogens with zero attached hydrogens (tertiary/aromatic N) is 4. The summed E-state index contributed by atoms with van der Waals surface area (Å²) in [5, 5.41) is 12.7. The summed E-state index contributed by atoms with van der Waals surface area (Å²) in [5.41, 5.74) is 10.4. The fraction of sp³-hybridized carbons (Fsp3) is 0. The number of hydrogen-bond acceptors (Lipinski definition) is 1. The SMILES string of the molecule is c1ccc([Si](c2ccccc2)(c2ccccc2)c2cccc(-n3c4ccccc4c4cc(-n5c6ccccc6c6cc(-n7c8ccccc8c8ccncc87)ccc65)ccc43)c2)cc1. The number of hydrogen-bond donors (Lipinski definition) is 0. The highest BCUT2D eigenvalue weighted by Crippen LogP contribution is 2.39. The van der Waals surface area contributed by atoms with Gasteiger partial charge in [0.15, 0.2) is 8.07 Å². The predicted molar refractivity (Wildman–Crippen MR) is 271 cm³/mol. The Hall–Kier alpha value is -8.25. The minimum absolute atomic E-state index is 1.10. The molecule has 5 heteroatoms. The summed E-state index contributed by atoms with van der Waals surface area (Å²) in [6, 6.07) is 85.3. The molecule has 4 aromatic heterocycles. The van der Waals surface area contributed by atoms with Crippen molar-refractivity contribution in [3.05, 3.63) is 243 Å². The van der Waals surface area contributed by atoms with Crippen molar-refractivity contribution in [3.63, 3.8) is 0 Å². The van der Waals surface area contributed by atoms with E-state index in [9.17, 15) is 0 Å². The summed E-state index contributed by atoms with van der Waals surface area (Å²) in [7, 11) is -2.75. The standard InChI is InChI=1S/C59H40N4Si/c1-4-18-44(19-5-1)64(45-20-6-2-7-21-45,46-22-8-3-9-23-46)47-24-16-17-41(37-47)61-55-29-14-11-26-49(55)52-38-42(31-33-57(52)61)62-56-30-15-12-27-50(56)53-39-43(32-34-58(53)62)63-54-28-13-10-25-48(54)51-35-36-60-40-59(51)63/h1-40H. The van der Waals surface area contributed by atoms with Gasteiger partial charge in [0.1, 0.15) is 0 Å². The van der Waals surface area contributed by atoms with Crippen LogP contribution in [0.3, 0.4) is 0 Å². The van der Waals surface area contributed by atoms with E-state index in [2.05, 4.69) is 249 Å². The van der Waals surface area contributed by atoms with Gasteiger partial charge in [-0.2, -0.15) is 0 Å². The number of pyridine rings is 1. The summed E-state index contributed by atoms with van der Waals surface area (Å²) in [6.45, 7) is 0. The molecule has 0 aliphatic rings. The van der Waals surface area contributed by atoms with Crippen molar-refractivity contribution < 1.29 is 0 Å². The molecule has 300 valence electrons. The van der Waals surface area contributed by atoms with Crippen LogP contribution in [-0.2, 0) is 0 Å². The lowest BCUT2D eigenvalue weighted by Crippen LogP contribution is -2.74. The quantitative estimate of drug-likeness (QED) is 0.116. The second kappa shape index (κ2) is 14.4. The molecule has 4 nitrogen and oxygen atoms in total. The van der Waals surface area contributed by atoms with Crippen molar-refractivity contribution in [2.24, 2.45) is 0 Å². The summed E-state index contributed by atoms with van der Waals surface area (Å²) in [5.74, 6) is 0. The van der Waals surface area contributed by atoms with Gasteiger partial charge in [0.25, 0.3) is 0 Å². The zero-order valence-electron chi connectivity index (χ0n) is 34.9. The average Bonchev–Trinajstić information content (AvgIpc) is 4.01. The Labute approximate surface area is 371 Å². The fourth-order valence-corrected chi connectivity index (χ4v) is 15.6. The van der Waals surface area contributed by atoms with Gasteiger partial charge < -0.3 is 13.7 Å². The van der Waals surface area contributed by atoms with Crippen molar-refractivity contribution in [2.45, 2.75) is 0 Å². The van der Waals surface area contributed by atoms with Crippen LogP contribution in [0.1, 0.15) is 0 Å². The molecule has 0 saturated carbocycles. The third-order valence-electron chi connectivity index (χ3n) is 13.5. The summed E-state index contributed by atoms with van der Waals surface area (Å²) in [4.78, 5) is 4.55. The first-order valence-corrected chi connectivity index (χ1v) is 24.0. The molecule has 4 heterocycles. The van der Waals surface area contributed by atoms with Crippen LogP contribution in [0.15, 0.2) is 243 Å². The van der Waals surface area contributed by atoms with Gasteiger partial charge in [0.2, 0.25) is 0 Å². The first kappa shape index (κ1) is 36.4. The van der Waals surface area contributed by atoms with E-state index in [4.69, 9.17) is 0 Å². The summed E-state index contributed by atoms with van der Waals surface area (Å²) >= 11 is 0. The molecule has 0 fully saturated rings. The zero-order valence-corrected chi connectivity index (χ0v) is 35.9. The topological polar surface area (TPSA) is 27.7 Å². The van der Waals surface area contributed by atoms with E-state index in [1.54, 1.807) is 0 Å². The van der Waals surface area contributed by atoms with Crippen LogP contribution in [0.25, 0.3) is 82.5 Å². The molecule has 0 radical (unpaired) electrons. The van der Waals surface area contributed by atoms with Crippen LogP contribution in [0.2, 0.25) is 0 Å². The maximum absolute atomic E-state index is 4.55. The fourth-order valence-electron chi connectivity index (χ4n) is 10.8. The summed E-state index contributed by atoms with van der Waals surface area (Å²) in [6.07, 6.45) is 3.87. The molecule has 0 atom stereocenters. The smallest absolute Gasteiger partial charge is 0.179 e. The van der Waals surface area contributed by atoms with E-state index in [0.717, 1.165) is 22.6 Å². The number of fused-ring (bicyclic) bond motifs is 9. The zero-order chi connectivity index (χ0) is 42.2. The van der Waals surface area contributed by atoms with Crippen LogP contribution in [-0.4, -0.2) is 26.8 Å². The molecule has 13 rings (SSSR count). The molecule has 0 aliphatic carbocycles. The van der Waals surface area contributed by atoms with E-state index in [1.165, 1.54) is 80.6 Å². The maximum Gasteiger partial charge on any atom is 0.179 e. The van der Waals surface area contributed by atoms with E-state index in [0.29, 0.717) is 0 Å². The number of aromatic nitrogens is 4. The van der Waals surface area contributed by atoms with Gasteiger partial charge in [-0.25, -0.2) is 0 Å². The average molecular weight is 833 g/mol. The van der Waals surface area contributed by atoms with Gasteiger partial charge >= 0.3 is 0 Å². The van der Waals surface area contributed by atoms with Crippen molar-refractivity contribution in [1.82, 2.24) is 18.7 Å². The molecule has 13 aromatic rings. The monoisotopic (exact) mass is 832 g/mol. The molecular formula is C59H40N4Si. The highest BCUT2D eigenvalue weighted by atomic mass is 28.3. The number of benzene rings is 9. The van der Waals surface area contributed by atoms with Gasteiger partial charge in [-0.3, -0.25) is 4.98 Å². The minimum atomic E-state index is -2.75. The van der Waals surface area contributed by atoms with Crippen LogP contribution in [0.5, 0.6) is 0 Å². The highest BCUT2D eigenvalue weighted by molar-refractivity contribution is 7.19. The second-order valence-corrected chi connectivity index (χ2v) is 20.6. The van der Waals surface area contributed by atoms with Crippen molar-refractivity contribution in [1.29, 1.82) is 0 Å². The largest absolute Gasteiger partial charge is 0.309 e. The third kappa shape index (κ3) is 5.31. The van der Waals surface area contributed by atoms with Crippen molar-refractivity contribution in [3.8, 4) is 17.1 Å². The Bertz CT molecular complexity index is 3750. The Kier molecular flexibility index (Phi) is 8.20. The molecule has 0 aliphatic heterocycles. The van der Waals surface area contributed by atoms with Gasteiger partial charge in [0, 0.05) is 55.6 Å². The first-order chi connectivity index (χ1) is 31.8. The lowest BCUT2D eigenvalue weighted by atomic mass is 10.1. The molecule has 0 unspecified atom stereocenters. The van der Waals surface area contributed by atoms with Gasteiger partial charge in [-0.15, -0.1) is 0 Å². The maximum atomic E-state index is 4.55. The van der Waals surface area contributed by atoms with Crippen LogP contribution < -0.4 is 20.7 Å². The molecule has 0 saturated heterocycles. The number of para-hydroxylation sites is 3. The Balaban J connectivity index is 1.01. The van der Waals surface area contributed by atoms with Crippen molar-refractivity contribution in [2.75, 3.05) is 0 Å². The molecule has 9 aromatic carbocycles. The molecule has 64 heavy (non-hydrogen) atoms. The van der Waals surface area contributed by atoms with Gasteiger partial charge in [-0.05, 0) is 93.5 Å². The first-order valence-electron chi connectivity index (χ1n) is 22.0. The van der Waals surface area contributed by atoms with Crippen LogP contribution in [0.4, 0.5) is 0 Å². The van der Waals surface area contributed by atoms with Crippen LogP contribution in [0, 0.1) is 0 Å². The highest BCUT2D eigenvalue weighted by Gasteiger charge is 2.41. The lowest BCUT2D eigenvalue weighted by Gasteiger charge is -2.34. The second-order valence-electron chi connectivity index (χ2n) is 16.8. The molecule has 0 spiro atoms. The molecule has 0 bridgehead atoms. The normalized spacial score (nSPS) is 12.1. The van der Waals surface area contributed by atoms with Crippen molar-refractivity contribution >= 4 is 94.2 Å². The van der Waals surface area contributed by atoms with Crippen LogP contribution >= 0.6 is 0 Å². The third-order valence-corrected chi connectivity index (χ3v) is 18.2. The predicted octanol–water partition coefficient (Wildman–Crippen LogP) is 11.8. The Morgan fingerprint density at radius 1 is 0.266 bits per heavy atom. The Morgan fingerprint density at radius 3 is 1.14 bits per heavy atom. The summed E-state index contributed by atoms with van der Waals surface area (Å²) < 4.78 is 7.26. The van der Waals surface area contributed by atoms with Gasteiger partial charge in [0.05, 0.1) is 39.3 Å². The molecular weight excluding hydrogens is 793 g/mol. The van der Waals surface area contributed by atoms with E-state index in [-0.39, 0.29) is 0 Å². The minimum Gasteiger partial charge on any atom is -0.309 e. The lowest BCUT2D eigenvalue weighted by molar-refractivity contribution is 1.16. The Morgan fingerprint density at radius 2 is 0.641 bits per heavy atom. The number of rotatable bonds is 7. The molecule has 0 N–H and O–H groups in total.